The van der Waals surface area contributed by atoms with E-state index >= 15 is 0 Å². The molecule has 1 aromatic carbocycles. The van der Waals surface area contributed by atoms with Crippen LogP contribution in [0.4, 0.5) is 0 Å². The number of benzene rings is 1. The summed E-state index contributed by atoms with van der Waals surface area (Å²) in [5, 5.41) is 19.4. The Balaban J connectivity index is 3.20. The molecule has 2 N–H and O–H groups in total. The zero-order valence-corrected chi connectivity index (χ0v) is 11.5. The maximum absolute atomic E-state index is 10.5. The summed E-state index contributed by atoms with van der Waals surface area (Å²) in [6, 6.07) is 3.65. The SMILES string of the molecule is COc1cc(C(C)(O)CCCO)c(OC)cc1C. The molecular formula is C14H22O4. The first-order valence-electron chi connectivity index (χ1n) is 6.02. The van der Waals surface area contributed by atoms with Crippen LogP contribution in [0.3, 0.4) is 0 Å². The van der Waals surface area contributed by atoms with Crippen LogP contribution in [-0.2, 0) is 5.60 Å². The summed E-state index contributed by atoms with van der Waals surface area (Å²) in [4.78, 5) is 0. The van der Waals surface area contributed by atoms with Gasteiger partial charge >= 0.3 is 0 Å². The van der Waals surface area contributed by atoms with Crippen molar-refractivity contribution >= 4 is 0 Å². The molecule has 102 valence electrons. The van der Waals surface area contributed by atoms with E-state index in [2.05, 4.69) is 0 Å². The van der Waals surface area contributed by atoms with Crippen LogP contribution in [0.25, 0.3) is 0 Å². The molecule has 0 radical (unpaired) electrons. The van der Waals surface area contributed by atoms with Gasteiger partial charge in [-0.2, -0.15) is 0 Å². The van der Waals surface area contributed by atoms with Crippen LogP contribution in [0.2, 0.25) is 0 Å². The summed E-state index contributed by atoms with van der Waals surface area (Å²) in [6.07, 6.45) is 0.998. The summed E-state index contributed by atoms with van der Waals surface area (Å²) < 4.78 is 10.6. The quantitative estimate of drug-likeness (QED) is 0.815. The van der Waals surface area contributed by atoms with Crippen molar-refractivity contribution in [3.05, 3.63) is 23.3 Å². The van der Waals surface area contributed by atoms with E-state index in [-0.39, 0.29) is 6.61 Å². The van der Waals surface area contributed by atoms with Crippen molar-refractivity contribution in [2.45, 2.75) is 32.3 Å². The Hall–Kier alpha value is -1.26. The third kappa shape index (κ3) is 3.15. The Kier molecular flexibility index (Phi) is 4.99. The van der Waals surface area contributed by atoms with Crippen molar-refractivity contribution in [2.24, 2.45) is 0 Å². The van der Waals surface area contributed by atoms with E-state index in [1.807, 2.05) is 13.0 Å². The van der Waals surface area contributed by atoms with Gasteiger partial charge in [-0.25, -0.2) is 0 Å². The van der Waals surface area contributed by atoms with Crippen LogP contribution >= 0.6 is 0 Å². The number of aryl methyl sites for hydroxylation is 1. The minimum atomic E-state index is -1.05. The molecule has 0 spiro atoms. The molecule has 0 bridgehead atoms. The molecule has 0 heterocycles. The third-order valence-electron chi connectivity index (χ3n) is 3.12. The van der Waals surface area contributed by atoms with Gasteiger partial charge in [0.05, 0.1) is 19.8 Å². The molecule has 4 nitrogen and oxygen atoms in total. The van der Waals surface area contributed by atoms with Gasteiger partial charge in [0.15, 0.2) is 0 Å². The molecule has 0 saturated carbocycles. The summed E-state index contributed by atoms with van der Waals surface area (Å²) in [6.45, 7) is 3.70. The summed E-state index contributed by atoms with van der Waals surface area (Å²) >= 11 is 0. The zero-order chi connectivity index (χ0) is 13.8. The van der Waals surface area contributed by atoms with Crippen LogP contribution in [0.15, 0.2) is 12.1 Å². The Labute approximate surface area is 108 Å². The Bertz CT molecular complexity index is 399. The summed E-state index contributed by atoms with van der Waals surface area (Å²) in [7, 11) is 3.17. The van der Waals surface area contributed by atoms with Crippen molar-refractivity contribution < 1.29 is 19.7 Å². The van der Waals surface area contributed by atoms with E-state index in [1.54, 1.807) is 27.2 Å². The first-order valence-corrected chi connectivity index (χ1v) is 6.02. The average Bonchev–Trinajstić information content (AvgIpc) is 2.35. The number of hydrogen-bond donors (Lipinski definition) is 2. The van der Waals surface area contributed by atoms with Crippen LogP contribution in [0.1, 0.15) is 30.9 Å². The number of ether oxygens (including phenoxy) is 2. The number of aliphatic hydroxyl groups is 2. The standard InChI is InChI=1S/C14H22O4/c1-10-8-13(18-4)11(9-12(10)17-3)14(2,16)6-5-7-15/h8-9,15-16H,5-7H2,1-4H3. The van der Waals surface area contributed by atoms with Crippen LogP contribution < -0.4 is 9.47 Å². The van der Waals surface area contributed by atoms with Crippen molar-refractivity contribution in [1.82, 2.24) is 0 Å². The van der Waals surface area contributed by atoms with E-state index in [9.17, 15) is 5.11 Å². The van der Waals surface area contributed by atoms with Gasteiger partial charge in [-0.3, -0.25) is 0 Å². The molecule has 4 heteroatoms. The van der Waals surface area contributed by atoms with Crippen molar-refractivity contribution in [3.8, 4) is 11.5 Å². The van der Waals surface area contributed by atoms with Gasteiger partial charge in [-0.15, -0.1) is 0 Å². The second-order valence-electron chi connectivity index (χ2n) is 4.62. The van der Waals surface area contributed by atoms with Gasteiger partial charge in [0.1, 0.15) is 11.5 Å². The zero-order valence-electron chi connectivity index (χ0n) is 11.5. The highest BCUT2D eigenvalue weighted by Gasteiger charge is 2.27. The second kappa shape index (κ2) is 6.07. The Morgan fingerprint density at radius 2 is 1.78 bits per heavy atom. The topological polar surface area (TPSA) is 58.9 Å². The van der Waals surface area contributed by atoms with E-state index in [1.165, 1.54) is 0 Å². The van der Waals surface area contributed by atoms with Gasteiger partial charge in [0, 0.05) is 12.2 Å². The molecule has 1 rings (SSSR count). The molecule has 0 aliphatic carbocycles. The minimum Gasteiger partial charge on any atom is -0.496 e. The van der Waals surface area contributed by atoms with E-state index < -0.39 is 5.60 Å². The van der Waals surface area contributed by atoms with Gasteiger partial charge in [-0.05, 0) is 44.4 Å². The Morgan fingerprint density at radius 1 is 1.17 bits per heavy atom. The lowest BCUT2D eigenvalue weighted by Crippen LogP contribution is -2.22. The lowest BCUT2D eigenvalue weighted by Gasteiger charge is -2.26. The second-order valence-corrected chi connectivity index (χ2v) is 4.62. The van der Waals surface area contributed by atoms with E-state index in [0.29, 0.717) is 24.2 Å². The highest BCUT2D eigenvalue weighted by Crippen LogP contribution is 2.37. The lowest BCUT2D eigenvalue weighted by molar-refractivity contribution is 0.0377. The molecule has 1 aromatic rings. The smallest absolute Gasteiger partial charge is 0.125 e. The van der Waals surface area contributed by atoms with Gasteiger partial charge < -0.3 is 19.7 Å². The Morgan fingerprint density at radius 3 is 2.28 bits per heavy atom. The van der Waals surface area contributed by atoms with Crippen molar-refractivity contribution in [2.75, 3.05) is 20.8 Å². The third-order valence-corrected chi connectivity index (χ3v) is 3.12. The minimum absolute atomic E-state index is 0.0570. The fourth-order valence-corrected chi connectivity index (χ4v) is 2.03. The predicted octanol–water partition coefficient (Wildman–Crippen LogP) is 1.99. The maximum atomic E-state index is 10.5. The molecule has 1 unspecified atom stereocenters. The molecule has 0 fully saturated rings. The maximum Gasteiger partial charge on any atom is 0.125 e. The van der Waals surface area contributed by atoms with Crippen LogP contribution in [0.5, 0.6) is 11.5 Å². The highest BCUT2D eigenvalue weighted by molar-refractivity contribution is 5.48. The lowest BCUT2D eigenvalue weighted by atomic mass is 9.89. The molecule has 0 aromatic heterocycles. The fourth-order valence-electron chi connectivity index (χ4n) is 2.03. The summed E-state index contributed by atoms with van der Waals surface area (Å²) in [5.41, 5.74) is 0.589. The average molecular weight is 254 g/mol. The first kappa shape index (κ1) is 14.8. The largest absolute Gasteiger partial charge is 0.496 e. The van der Waals surface area contributed by atoms with Gasteiger partial charge in [0.25, 0.3) is 0 Å². The van der Waals surface area contributed by atoms with E-state index in [0.717, 1.165) is 11.3 Å². The van der Waals surface area contributed by atoms with Gasteiger partial charge in [0.2, 0.25) is 0 Å². The van der Waals surface area contributed by atoms with Gasteiger partial charge in [-0.1, -0.05) is 0 Å². The highest BCUT2D eigenvalue weighted by atomic mass is 16.5. The molecular weight excluding hydrogens is 232 g/mol. The van der Waals surface area contributed by atoms with E-state index in [4.69, 9.17) is 14.6 Å². The normalized spacial score (nSPS) is 14.1. The number of aliphatic hydroxyl groups excluding tert-OH is 1. The number of rotatable bonds is 6. The van der Waals surface area contributed by atoms with Crippen LogP contribution in [-0.4, -0.2) is 31.0 Å². The molecule has 0 saturated heterocycles. The number of hydrogen-bond acceptors (Lipinski definition) is 4. The first-order chi connectivity index (χ1) is 8.46. The van der Waals surface area contributed by atoms with Crippen molar-refractivity contribution in [3.63, 3.8) is 0 Å². The summed E-state index contributed by atoms with van der Waals surface area (Å²) in [5.74, 6) is 1.35. The van der Waals surface area contributed by atoms with Crippen molar-refractivity contribution in [1.29, 1.82) is 0 Å². The fraction of sp³-hybridized carbons (Fsp3) is 0.571. The molecule has 1 atom stereocenters. The monoisotopic (exact) mass is 254 g/mol. The molecule has 18 heavy (non-hydrogen) atoms. The molecule has 0 aliphatic rings. The predicted molar refractivity (Wildman–Crippen MR) is 70.2 cm³/mol. The van der Waals surface area contributed by atoms with Crippen LogP contribution in [0, 0.1) is 6.92 Å². The molecule has 0 amide bonds. The molecule has 0 aliphatic heterocycles. The number of methoxy groups -OCH3 is 2.